The summed E-state index contributed by atoms with van der Waals surface area (Å²) in [5.41, 5.74) is 3.31. The van der Waals surface area contributed by atoms with Crippen molar-refractivity contribution in [3.05, 3.63) is 58.7 Å². The maximum atomic E-state index is 12.5. The van der Waals surface area contributed by atoms with Gasteiger partial charge in [0.1, 0.15) is 17.4 Å². The van der Waals surface area contributed by atoms with Crippen LogP contribution in [0.2, 0.25) is 0 Å². The standard InChI is InChI=1S/C15H14N6O/c1-10-4-3-5-20-7-11(18-13(10)20)8-21-9-16-14-12(15(21)22)6-17-19(14)2/h3-7,9H,8H2,1-2H3. The molecule has 4 heterocycles. The normalized spacial score (nSPS) is 11.5. The Kier molecular flexibility index (Phi) is 2.62. The molecule has 0 aliphatic carbocycles. The van der Waals surface area contributed by atoms with Crippen LogP contribution in [0.1, 0.15) is 11.3 Å². The van der Waals surface area contributed by atoms with Gasteiger partial charge in [-0.15, -0.1) is 0 Å². The summed E-state index contributed by atoms with van der Waals surface area (Å²) >= 11 is 0. The molecule has 0 amide bonds. The lowest BCUT2D eigenvalue weighted by Gasteiger charge is -2.02. The van der Waals surface area contributed by atoms with E-state index in [1.165, 1.54) is 0 Å². The van der Waals surface area contributed by atoms with Crippen LogP contribution in [0.3, 0.4) is 0 Å². The minimum atomic E-state index is -0.105. The molecule has 0 aliphatic rings. The Bertz CT molecular complexity index is 1050. The van der Waals surface area contributed by atoms with Gasteiger partial charge < -0.3 is 4.40 Å². The minimum Gasteiger partial charge on any atom is -0.307 e. The van der Waals surface area contributed by atoms with Crippen LogP contribution in [0.5, 0.6) is 0 Å². The summed E-state index contributed by atoms with van der Waals surface area (Å²) in [5.74, 6) is 0. The molecule has 4 aromatic heterocycles. The van der Waals surface area contributed by atoms with Crippen molar-refractivity contribution in [3.63, 3.8) is 0 Å². The number of aryl methyl sites for hydroxylation is 2. The van der Waals surface area contributed by atoms with Crippen molar-refractivity contribution in [1.29, 1.82) is 0 Å². The molecule has 0 saturated heterocycles. The Labute approximate surface area is 125 Å². The number of hydrogen-bond donors (Lipinski definition) is 0. The number of hydrogen-bond acceptors (Lipinski definition) is 4. The molecular formula is C15H14N6O. The molecular weight excluding hydrogens is 280 g/mol. The van der Waals surface area contributed by atoms with Gasteiger partial charge in [0.05, 0.1) is 18.4 Å². The molecule has 4 aromatic rings. The highest BCUT2D eigenvalue weighted by molar-refractivity contribution is 5.72. The molecule has 7 nitrogen and oxygen atoms in total. The van der Waals surface area contributed by atoms with E-state index in [4.69, 9.17) is 0 Å². The van der Waals surface area contributed by atoms with Crippen LogP contribution in [-0.2, 0) is 13.6 Å². The monoisotopic (exact) mass is 294 g/mol. The van der Waals surface area contributed by atoms with Gasteiger partial charge >= 0.3 is 0 Å². The number of pyridine rings is 1. The molecule has 0 N–H and O–H groups in total. The van der Waals surface area contributed by atoms with Gasteiger partial charge in [0.25, 0.3) is 5.56 Å². The first-order valence-corrected chi connectivity index (χ1v) is 6.94. The van der Waals surface area contributed by atoms with E-state index in [9.17, 15) is 4.79 Å². The predicted molar refractivity (Wildman–Crippen MR) is 81.8 cm³/mol. The summed E-state index contributed by atoms with van der Waals surface area (Å²) < 4.78 is 5.11. The second-order valence-electron chi connectivity index (χ2n) is 5.34. The minimum absolute atomic E-state index is 0.105. The van der Waals surface area contributed by atoms with E-state index >= 15 is 0 Å². The van der Waals surface area contributed by atoms with E-state index in [1.54, 1.807) is 28.8 Å². The van der Waals surface area contributed by atoms with E-state index in [2.05, 4.69) is 15.1 Å². The fourth-order valence-corrected chi connectivity index (χ4v) is 2.63. The molecule has 22 heavy (non-hydrogen) atoms. The maximum absolute atomic E-state index is 12.5. The number of rotatable bonds is 2. The summed E-state index contributed by atoms with van der Waals surface area (Å²) in [7, 11) is 1.77. The average Bonchev–Trinajstić information content (AvgIpc) is 3.07. The third kappa shape index (κ3) is 1.82. The zero-order valence-corrected chi connectivity index (χ0v) is 12.3. The van der Waals surface area contributed by atoms with Crippen molar-refractivity contribution in [2.75, 3.05) is 0 Å². The lowest BCUT2D eigenvalue weighted by atomic mass is 10.3. The Morgan fingerprint density at radius 3 is 2.95 bits per heavy atom. The lowest BCUT2D eigenvalue weighted by Crippen LogP contribution is -2.21. The van der Waals surface area contributed by atoms with E-state index < -0.39 is 0 Å². The van der Waals surface area contributed by atoms with Crippen LogP contribution >= 0.6 is 0 Å². The molecule has 0 saturated carbocycles. The summed E-state index contributed by atoms with van der Waals surface area (Å²) in [6.07, 6.45) is 6.98. The van der Waals surface area contributed by atoms with Crippen molar-refractivity contribution < 1.29 is 0 Å². The van der Waals surface area contributed by atoms with Crippen molar-refractivity contribution in [3.8, 4) is 0 Å². The summed E-state index contributed by atoms with van der Waals surface area (Å²) in [5, 5.41) is 4.59. The van der Waals surface area contributed by atoms with Crippen LogP contribution in [0.15, 0.2) is 41.8 Å². The Morgan fingerprint density at radius 1 is 1.27 bits per heavy atom. The molecule has 0 bridgehead atoms. The Morgan fingerprint density at radius 2 is 2.14 bits per heavy atom. The maximum Gasteiger partial charge on any atom is 0.264 e. The van der Waals surface area contributed by atoms with E-state index in [0.717, 1.165) is 16.9 Å². The third-order valence-electron chi connectivity index (χ3n) is 3.78. The van der Waals surface area contributed by atoms with E-state index in [1.807, 2.05) is 35.9 Å². The predicted octanol–water partition coefficient (Wildman–Crippen LogP) is 1.13. The highest BCUT2D eigenvalue weighted by Gasteiger charge is 2.10. The highest BCUT2D eigenvalue weighted by atomic mass is 16.1. The van der Waals surface area contributed by atoms with Crippen LogP contribution < -0.4 is 5.56 Å². The first-order chi connectivity index (χ1) is 10.6. The largest absolute Gasteiger partial charge is 0.307 e. The smallest absolute Gasteiger partial charge is 0.264 e. The molecule has 110 valence electrons. The third-order valence-corrected chi connectivity index (χ3v) is 3.78. The van der Waals surface area contributed by atoms with Crippen molar-refractivity contribution in [2.24, 2.45) is 7.05 Å². The van der Waals surface area contributed by atoms with Gasteiger partial charge in [-0.1, -0.05) is 6.07 Å². The van der Waals surface area contributed by atoms with Gasteiger partial charge in [-0.2, -0.15) is 5.10 Å². The van der Waals surface area contributed by atoms with Crippen molar-refractivity contribution in [2.45, 2.75) is 13.5 Å². The van der Waals surface area contributed by atoms with Gasteiger partial charge in [0, 0.05) is 19.4 Å². The molecule has 4 rings (SSSR count). The van der Waals surface area contributed by atoms with Gasteiger partial charge in [0.2, 0.25) is 0 Å². The van der Waals surface area contributed by atoms with Crippen LogP contribution in [-0.4, -0.2) is 28.7 Å². The SMILES string of the molecule is Cc1cccn2cc(Cn3cnc4c(cnn4C)c3=O)nc12. The highest BCUT2D eigenvalue weighted by Crippen LogP contribution is 2.11. The molecule has 0 radical (unpaired) electrons. The van der Waals surface area contributed by atoms with Crippen LogP contribution in [0, 0.1) is 6.92 Å². The average molecular weight is 294 g/mol. The fourth-order valence-electron chi connectivity index (χ4n) is 2.63. The molecule has 0 spiro atoms. The molecule has 0 fully saturated rings. The van der Waals surface area contributed by atoms with Crippen LogP contribution in [0.4, 0.5) is 0 Å². The number of imidazole rings is 1. The van der Waals surface area contributed by atoms with E-state index in [-0.39, 0.29) is 5.56 Å². The molecule has 0 aromatic carbocycles. The number of aromatic nitrogens is 6. The number of fused-ring (bicyclic) bond motifs is 2. The molecule has 7 heteroatoms. The summed E-state index contributed by atoms with van der Waals surface area (Å²) in [4.78, 5) is 21.3. The molecule has 0 unspecified atom stereocenters. The zero-order chi connectivity index (χ0) is 15.3. The molecule has 0 aliphatic heterocycles. The summed E-state index contributed by atoms with van der Waals surface area (Å²) in [6.45, 7) is 2.40. The summed E-state index contributed by atoms with van der Waals surface area (Å²) in [6, 6.07) is 3.99. The van der Waals surface area contributed by atoms with Crippen molar-refractivity contribution >= 4 is 16.7 Å². The topological polar surface area (TPSA) is 70.0 Å². The molecule has 0 atom stereocenters. The van der Waals surface area contributed by atoms with Gasteiger partial charge in [0.15, 0.2) is 5.65 Å². The van der Waals surface area contributed by atoms with Gasteiger partial charge in [-0.25, -0.2) is 9.97 Å². The quantitative estimate of drug-likeness (QED) is 0.556. The van der Waals surface area contributed by atoms with Crippen molar-refractivity contribution in [1.82, 2.24) is 28.7 Å². The first-order valence-electron chi connectivity index (χ1n) is 6.94. The first kappa shape index (κ1) is 12.8. The zero-order valence-electron chi connectivity index (χ0n) is 12.3. The Balaban J connectivity index is 1.80. The lowest BCUT2D eigenvalue weighted by molar-refractivity contribution is 0.726. The van der Waals surface area contributed by atoms with Gasteiger partial charge in [-0.3, -0.25) is 14.0 Å². The second-order valence-corrected chi connectivity index (χ2v) is 5.34. The van der Waals surface area contributed by atoms with Crippen LogP contribution in [0.25, 0.3) is 16.7 Å². The fraction of sp³-hybridized carbons (Fsp3) is 0.200. The van der Waals surface area contributed by atoms with E-state index in [0.29, 0.717) is 17.6 Å². The number of nitrogens with zero attached hydrogens (tertiary/aromatic N) is 6. The van der Waals surface area contributed by atoms with Gasteiger partial charge in [-0.05, 0) is 18.6 Å². The second kappa shape index (κ2) is 4.52. The Hall–Kier alpha value is -2.96.